The van der Waals surface area contributed by atoms with E-state index in [4.69, 9.17) is 0 Å². The fourth-order valence-electron chi connectivity index (χ4n) is 3.67. The third kappa shape index (κ3) is 4.95. The van der Waals surface area contributed by atoms with Gasteiger partial charge in [0.25, 0.3) is 5.91 Å². The van der Waals surface area contributed by atoms with E-state index in [0.717, 1.165) is 61.0 Å². The summed E-state index contributed by atoms with van der Waals surface area (Å²) in [5.41, 5.74) is -0.0817. The number of rotatable bonds is 6. The fourth-order valence-corrected chi connectivity index (χ4v) is 3.67. The molecule has 0 unspecified atom stereocenters. The van der Waals surface area contributed by atoms with E-state index in [2.05, 4.69) is 25.2 Å². The summed E-state index contributed by atoms with van der Waals surface area (Å²) < 4.78 is 41.4. The quantitative estimate of drug-likeness (QED) is 0.604. The first kappa shape index (κ1) is 21.1. The zero-order valence-corrected chi connectivity index (χ0v) is 16.9. The highest BCUT2D eigenvalue weighted by atomic mass is 19.4. The molecule has 0 bridgehead atoms. The average molecular weight is 432 g/mol. The first-order chi connectivity index (χ1) is 14.9. The lowest BCUT2D eigenvalue weighted by atomic mass is 10.2. The maximum absolute atomic E-state index is 12.7. The standard InChI is InChI=1S/C21H23F3N6O/c22-21(23,24)17-11-14-30(28-17)16-9-7-15(8-10-16)20(31)25-12-4-6-19-27-26-18-5-2-1-3-13-29(18)19/h7-11,14H,1-6,12-13H2,(H,25,31). The minimum absolute atomic E-state index is 0.233. The maximum Gasteiger partial charge on any atom is 0.435 e. The molecule has 0 fully saturated rings. The van der Waals surface area contributed by atoms with Crippen molar-refractivity contribution in [3.63, 3.8) is 0 Å². The lowest BCUT2D eigenvalue weighted by Crippen LogP contribution is -2.25. The molecular formula is C21H23F3N6O. The Morgan fingerprint density at radius 3 is 2.61 bits per heavy atom. The number of amides is 1. The Morgan fingerprint density at radius 1 is 1.06 bits per heavy atom. The summed E-state index contributed by atoms with van der Waals surface area (Å²) in [6.07, 6.45) is 2.71. The molecule has 31 heavy (non-hydrogen) atoms. The van der Waals surface area contributed by atoms with Crippen molar-refractivity contribution >= 4 is 5.91 Å². The number of carbonyl (C=O) groups excluding carboxylic acids is 1. The van der Waals surface area contributed by atoms with Crippen LogP contribution in [0.4, 0.5) is 13.2 Å². The third-order valence-electron chi connectivity index (χ3n) is 5.32. The monoisotopic (exact) mass is 432 g/mol. The Bertz CT molecular complexity index is 1040. The lowest BCUT2D eigenvalue weighted by molar-refractivity contribution is -0.141. The van der Waals surface area contributed by atoms with Crippen LogP contribution in [-0.2, 0) is 25.6 Å². The van der Waals surface area contributed by atoms with Crippen LogP contribution in [0.15, 0.2) is 36.5 Å². The van der Waals surface area contributed by atoms with E-state index in [9.17, 15) is 18.0 Å². The number of nitrogens with zero attached hydrogens (tertiary/aromatic N) is 5. The van der Waals surface area contributed by atoms with Gasteiger partial charge < -0.3 is 9.88 Å². The van der Waals surface area contributed by atoms with Crippen molar-refractivity contribution < 1.29 is 18.0 Å². The Morgan fingerprint density at radius 2 is 1.87 bits per heavy atom. The molecular weight excluding hydrogens is 409 g/mol. The van der Waals surface area contributed by atoms with Crippen molar-refractivity contribution in [2.75, 3.05) is 6.54 Å². The minimum Gasteiger partial charge on any atom is -0.352 e. The number of fused-ring (bicyclic) bond motifs is 1. The van der Waals surface area contributed by atoms with Gasteiger partial charge in [-0.3, -0.25) is 4.79 Å². The van der Waals surface area contributed by atoms with E-state index >= 15 is 0 Å². The van der Waals surface area contributed by atoms with Gasteiger partial charge in [0.05, 0.1) is 5.69 Å². The number of alkyl halides is 3. The molecule has 3 heterocycles. The Balaban J connectivity index is 1.28. The second-order valence-corrected chi connectivity index (χ2v) is 7.54. The first-order valence-electron chi connectivity index (χ1n) is 10.3. The lowest BCUT2D eigenvalue weighted by Gasteiger charge is -2.08. The molecule has 2 aromatic heterocycles. The summed E-state index contributed by atoms with van der Waals surface area (Å²) in [6, 6.07) is 7.17. The summed E-state index contributed by atoms with van der Waals surface area (Å²) >= 11 is 0. The van der Waals surface area contributed by atoms with Crippen LogP contribution < -0.4 is 5.32 Å². The van der Waals surface area contributed by atoms with Crippen molar-refractivity contribution in [1.82, 2.24) is 29.9 Å². The molecule has 0 spiro atoms. The van der Waals surface area contributed by atoms with Crippen LogP contribution in [0.25, 0.3) is 5.69 Å². The number of hydrogen-bond acceptors (Lipinski definition) is 4. The van der Waals surface area contributed by atoms with Crippen molar-refractivity contribution in [2.45, 2.75) is 51.2 Å². The third-order valence-corrected chi connectivity index (χ3v) is 5.32. The Kier molecular flexibility index (Phi) is 6.06. The average Bonchev–Trinajstić information content (AvgIpc) is 3.33. The van der Waals surface area contributed by atoms with E-state index in [0.29, 0.717) is 17.8 Å². The van der Waals surface area contributed by atoms with Crippen LogP contribution in [0.3, 0.4) is 0 Å². The summed E-state index contributed by atoms with van der Waals surface area (Å²) in [6.45, 7) is 1.45. The SMILES string of the molecule is O=C(NCCCc1nnc2n1CCCCC2)c1ccc(-n2ccc(C(F)(F)F)n2)cc1. The highest BCUT2D eigenvalue weighted by molar-refractivity contribution is 5.94. The van der Waals surface area contributed by atoms with Gasteiger partial charge in [-0.1, -0.05) is 6.42 Å². The zero-order chi connectivity index (χ0) is 21.8. The predicted octanol–water partition coefficient (Wildman–Crippen LogP) is 3.57. The summed E-state index contributed by atoms with van der Waals surface area (Å²) in [5, 5.41) is 15.0. The number of aromatic nitrogens is 5. The van der Waals surface area contributed by atoms with E-state index < -0.39 is 11.9 Å². The molecule has 10 heteroatoms. The predicted molar refractivity (Wildman–Crippen MR) is 107 cm³/mol. The van der Waals surface area contributed by atoms with Crippen molar-refractivity contribution in [3.05, 3.63) is 59.4 Å². The highest BCUT2D eigenvalue weighted by Gasteiger charge is 2.33. The molecule has 164 valence electrons. The van der Waals surface area contributed by atoms with Gasteiger partial charge in [-0.25, -0.2) is 4.68 Å². The van der Waals surface area contributed by atoms with Crippen LogP contribution in [-0.4, -0.2) is 37.0 Å². The summed E-state index contributed by atoms with van der Waals surface area (Å²) in [5.74, 6) is 1.78. The molecule has 4 rings (SSSR count). The molecule has 3 aromatic rings. The van der Waals surface area contributed by atoms with Gasteiger partial charge in [-0.05, 0) is 49.6 Å². The van der Waals surface area contributed by atoms with Crippen molar-refractivity contribution in [1.29, 1.82) is 0 Å². The molecule has 1 amide bonds. The van der Waals surface area contributed by atoms with Crippen LogP contribution >= 0.6 is 0 Å². The van der Waals surface area contributed by atoms with Gasteiger partial charge in [-0.15, -0.1) is 10.2 Å². The Labute approximate surface area is 177 Å². The summed E-state index contributed by atoms with van der Waals surface area (Å²) in [4.78, 5) is 12.4. The van der Waals surface area contributed by atoms with Gasteiger partial charge >= 0.3 is 6.18 Å². The molecule has 7 nitrogen and oxygen atoms in total. The van der Waals surface area contributed by atoms with E-state index in [1.165, 1.54) is 12.6 Å². The largest absolute Gasteiger partial charge is 0.435 e. The molecule has 1 aliphatic rings. The van der Waals surface area contributed by atoms with Crippen LogP contribution in [0.1, 0.15) is 53.4 Å². The molecule has 1 N–H and O–H groups in total. The molecule has 1 aliphatic heterocycles. The maximum atomic E-state index is 12.7. The molecule has 0 atom stereocenters. The first-order valence-corrected chi connectivity index (χ1v) is 10.3. The van der Waals surface area contributed by atoms with E-state index in [1.54, 1.807) is 24.3 Å². The normalized spacial score (nSPS) is 14.2. The summed E-state index contributed by atoms with van der Waals surface area (Å²) in [7, 11) is 0. The minimum atomic E-state index is -4.49. The highest BCUT2D eigenvalue weighted by Crippen LogP contribution is 2.27. The number of benzene rings is 1. The number of halogens is 3. The topological polar surface area (TPSA) is 77.6 Å². The number of nitrogens with one attached hydrogen (secondary N) is 1. The van der Waals surface area contributed by atoms with Gasteiger partial charge in [0.15, 0.2) is 5.69 Å². The van der Waals surface area contributed by atoms with Gasteiger partial charge in [0.2, 0.25) is 0 Å². The van der Waals surface area contributed by atoms with Crippen LogP contribution in [0, 0.1) is 0 Å². The second kappa shape index (κ2) is 8.91. The van der Waals surface area contributed by atoms with Gasteiger partial charge in [0, 0.05) is 37.7 Å². The molecule has 0 aliphatic carbocycles. The number of carbonyl (C=O) groups is 1. The van der Waals surface area contributed by atoms with E-state index in [1.807, 2.05) is 0 Å². The number of aryl methyl sites for hydroxylation is 2. The zero-order valence-electron chi connectivity index (χ0n) is 16.9. The fraction of sp³-hybridized carbons (Fsp3) is 0.429. The Hall–Kier alpha value is -3.17. The van der Waals surface area contributed by atoms with Crippen LogP contribution in [0.2, 0.25) is 0 Å². The van der Waals surface area contributed by atoms with E-state index in [-0.39, 0.29) is 5.91 Å². The number of hydrogen-bond donors (Lipinski definition) is 1. The van der Waals surface area contributed by atoms with Crippen molar-refractivity contribution in [2.24, 2.45) is 0 Å². The molecule has 0 radical (unpaired) electrons. The molecule has 0 saturated heterocycles. The van der Waals surface area contributed by atoms with Crippen LogP contribution in [0.5, 0.6) is 0 Å². The van der Waals surface area contributed by atoms with Gasteiger partial charge in [-0.2, -0.15) is 18.3 Å². The molecule has 1 aromatic carbocycles. The van der Waals surface area contributed by atoms with Gasteiger partial charge in [0.1, 0.15) is 11.6 Å². The second-order valence-electron chi connectivity index (χ2n) is 7.54. The smallest absolute Gasteiger partial charge is 0.352 e. The molecule has 0 saturated carbocycles. The van der Waals surface area contributed by atoms with Crippen molar-refractivity contribution in [3.8, 4) is 5.69 Å².